The van der Waals surface area contributed by atoms with Crippen LogP contribution in [0, 0.1) is 0 Å². The van der Waals surface area contributed by atoms with Crippen LogP contribution < -0.4 is 10.1 Å². The molecule has 0 radical (unpaired) electrons. The van der Waals surface area contributed by atoms with E-state index in [1.54, 1.807) is 0 Å². The zero-order valence-electron chi connectivity index (χ0n) is 14.8. The minimum Gasteiger partial charge on any atom is -0.493 e. The molecular weight excluding hydrogens is 328 g/mol. The van der Waals surface area contributed by atoms with E-state index in [4.69, 9.17) is 4.74 Å². The number of amides is 2. The van der Waals surface area contributed by atoms with Gasteiger partial charge < -0.3 is 15.0 Å². The van der Waals surface area contributed by atoms with E-state index in [2.05, 4.69) is 5.32 Å². The second-order valence-electron chi connectivity index (χ2n) is 6.38. The molecule has 136 valence electrons. The first-order valence-electron chi connectivity index (χ1n) is 9.05. The molecule has 0 aliphatic carbocycles. The minimum absolute atomic E-state index is 0.0573. The molecule has 2 amide bonds. The fourth-order valence-electron chi connectivity index (χ4n) is 2.94. The van der Waals surface area contributed by atoms with Gasteiger partial charge in [0.1, 0.15) is 5.75 Å². The van der Waals surface area contributed by atoms with Crippen molar-refractivity contribution in [2.75, 3.05) is 19.7 Å². The van der Waals surface area contributed by atoms with Crippen LogP contribution in [0.3, 0.4) is 0 Å². The second-order valence-corrected chi connectivity index (χ2v) is 6.38. The van der Waals surface area contributed by atoms with Crippen LogP contribution >= 0.6 is 0 Å². The first kappa shape index (κ1) is 18.0. The molecule has 0 atom stereocenters. The highest BCUT2D eigenvalue weighted by Gasteiger charge is 2.19. The minimum atomic E-state index is -0.0573. The van der Waals surface area contributed by atoms with Gasteiger partial charge in [0.15, 0.2) is 0 Å². The third-order valence-electron chi connectivity index (χ3n) is 4.42. The van der Waals surface area contributed by atoms with Crippen LogP contribution in [-0.4, -0.2) is 36.4 Å². The lowest BCUT2D eigenvalue weighted by atomic mass is 10.1. The zero-order valence-corrected chi connectivity index (χ0v) is 14.8. The monoisotopic (exact) mass is 352 g/mol. The number of carbonyl (C=O) groups excluding carboxylic acids is 2. The fraction of sp³-hybridized carbons (Fsp3) is 0.333. The number of likely N-dealkylation sites (tertiary alicyclic amines) is 1. The molecule has 2 aromatic rings. The van der Waals surface area contributed by atoms with Crippen molar-refractivity contribution in [3.05, 3.63) is 65.7 Å². The summed E-state index contributed by atoms with van der Waals surface area (Å²) in [5.41, 5.74) is 1.68. The van der Waals surface area contributed by atoms with Crippen molar-refractivity contribution in [1.82, 2.24) is 10.2 Å². The number of para-hydroxylation sites is 1. The van der Waals surface area contributed by atoms with E-state index in [1.165, 1.54) is 0 Å². The number of nitrogens with one attached hydrogen (secondary N) is 1. The van der Waals surface area contributed by atoms with Crippen LogP contribution in [0.15, 0.2) is 54.6 Å². The van der Waals surface area contributed by atoms with E-state index >= 15 is 0 Å². The number of hydrogen-bond acceptors (Lipinski definition) is 3. The molecule has 26 heavy (non-hydrogen) atoms. The molecule has 1 saturated heterocycles. The normalized spacial score (nSPS) is 13.5. The zero-order chi connectivity index (χ0) is 18.2. The lowest BCUT2D eigenvalue weighted by Gasteiger charge is -2.15. The molecule has 2 aromatic carbocycles. The van der Waals surface area contributed by atoms with E-state index < -0.39 is 0 Å². The van der Waals surface area contributed by atoms with Gasteiger partial charge in [0.25, 0.3) is 5.91 Å². The Morgan fingerprint density at radius 1 is 0.962 bits per heavy atom. The van der Waals surface area contributed by atoms with Crippen molar-refractivity contribution in [2.45, 2.75) is 25.8 Å². The van der Waals surface area contributed by atoms with Gasteiger partial charge in [0, 0.05) is 25.2 Å². The second kappa shape index (κ2) is 9.04. The Hall–Kier alpha value is -2.82. The number of hydrogen-bond donors (Lipinski definition) is 1. The average molecular weight is 352 g/mol. The average Bonchev–Trinajstić information content (AvgIpc) is 3.22. The van der Waals surface area contributed by atoms with Gasteiger partial charge in [-0.2, -0.15) is 0 Å². The Morgan fingerprint density at radius 3 is 2.35 bits per heavy atom. The first-order valence-corrected chi connectivity index (χ1v) is 9.05. The van der Waals surface area contributed by atoms with Crippen molar-refractivity contribution in [1.29, 1.82) is 0 Å². The van der Waals surface area contributed by atoms with Gasteiger partial charge in [0.05, 0.1) is 13.0 Å². The number of benzene rings is 2. The first-order chi connectivity index (χ1) is 12.7. The Labute approximate surface area is 154 Å². The van der Waals surface area contributed by atoms with Crippen molar-refractivity contribution >= 4 is 11.8 Å². The van der Waals surface area contributed by atoms with Gasteiger partial charge in [-0.15, -0.1) is 0 Å². The van der Waals surface area contributed by atoms with E-state index in [0.717, 1.165) is 37.2 Å². The summed E-state index contributed by atoms with van der Waals surface area (Å²) in [6.07, 6.45) is 2.48. The maximum absolute atomic E-state index is 12.3. The van der Waals surface area contributed by atoms with Crippen LogP contribution in [0.2, 0.25) is 0 Å². The number of carbonyl (C=O) groups is 2. The largest absolute Gasteiger partial charge is 0.493 e. The smallest absolute Gasteiger partial charge is 0.253 e. The molecule has 0 unspecified atom stereocenters. The summed E-state index contributed by atoms with van der Waals surface area (Å²) >= 11 is 0. The predicted octanol–water partition coefficient (Wildman–Crippen LogP) is 3.01. The third kappa shape index (κ3) is 5.09. The molecule has 0 saturated carbocycles. The summed E-state index contributed by atoms with van der Waals surface area (Å²) < 4.78 is 5.52. The summed E-state index contributed by atoms with van der Waals surface area (Å²) in [6.45, 7) is 2.49. The molecule has 5 heteroatoms. The van der Waals surface area contributed by atoms with Gasteiger partial charge in [-0.05, 0) is 42.7 Å². The molecule has 5 nitrogen and oxygen atoms in total. The van der Waals surface area contributed by atoms with Crippen molar-refractivity contribution in [3.8, 4) is 5.75 Å². The van der Waals surface area contributed by atoms with Crippen molar-refractivity contribution < 1.29 is 14.3 Å². The number of ether oxygens (including phenoxy) is 1. The van der Waals surface area contributed by atoms with E-state index in [0.29, 0.717) is 25.1 Å². The van der Waals surface area contributed by atoms with Crippen molar-refractivity contribution in [2.24, 2.45) is 0 Å². The van der Waals surface area contributed by atoms with Gasteiger partial charge in [0.2, 0.25) is 5.91 Å². The molecule has 0 spiro atoms. The van der Waals surface area contributed by atoms with E-state index in [1.807, 2.05) is 59.5 Å². The maximum atomic E-state index is 12.3. The van der Waals surface area contributed by atoms with Gasteiger partial charge in [-0.1, -0.05) is 30.3 Å². The Morgan fingerprint density at radius 2 is 1.65 bits per heavy atom. The quantitative estimate of drug-likeness (QED) is 0.833. The molecule has 0 aromatic heterocycles. The molecule has 3 rings (SSSR count). The van der Waals surface area contributed by atoms with Gasteiger partial charge >= 0.3 is 0 Å². The summed E-state index contributed by atoms with van der Waals surface area (Å²) in [7, 11) is 0. The number of nitrogens with zero attached hydrogens (tertiary/aromatic N) is 1. The highest BCUT2D eigenvalue weighted by atomic mass is 16.5. The molecule has 1 N–H and O–H groups in total. The molecule has 1 aliphatic rings. The van der Waals surface area contributed by atoms with Crippen LogP contribution in [0.5, 0.6) is 5.75 Å². The SMILES string of the molecule is O=C(CCOc1ccccc1)NCc1ccc(C(=O)N2CCCC2)cc1. The van der Waals surface area contributed by atoms with Gasteiger partial charge in [-0.3, -0.25) is 9.59 Å². The van der Waals surface area contributed by atoms with Crippen LogP contribution in [0.25, 0.3) is 0 Å². The third-order valence-corrected chi connectivity index (χ3v) is 4.42. The van der Waals surface area contributed by atoms with E-state index in [-0.39, 0.29) is 11.8 Å². The maximum Gasteiger partial charge on any atom is 0.253 e. The highest BCUT2D eigenvalue weighted by molar-refractivity contribution is 5.94. The summed E-state index contributed by atoms with van der Waals surface area (Å²) in [5.74, 6) is 0.799. The lowest BCUT2D eigenvalue weighted by molar-refractivity contribution is -0.121. The van der Waals surface area contributed by atoms with Crippen LogP contribution in [0.4, 0.5) is 0 Å². The molecule has 0 bridgehead atoms. The topological polar surface area (TPSA) is 58.6 Å². The van der Waals surface area contributed by atoms with Gasteiger partial charge in [-0.25, -0.2) is 0 Å². The predicted molar refractivity (Wildman–Crippen MR) is 100.0 cm³/mol. The number of rotatable bonds is 7. The molecular formula is C21H24N2O3. The summed E-state index contributed by atoms with van der Waals surface area (Å²) in [5, 5.41) is 2.87. The van der Waals surface area contributed by atoms with Crippen LogP contribution in [-0.2, 0) is 11.3 Å². The molecule has 1 heterocycles. The Kier molecular flexibility index (Phi) is 6.25. The Bertz CT molecular complexity index is 723. The molecule has 1 aliphatic heterocycles. The standard InChI is InChI=1S/C21H24N2O3/c24-20(12-15-26-19-6-2-1-3-7-19)22-16-17-8-10-18(11-9-17)21(25)23-13-4-5-14-23/h1-3,6-11H,4-5,12-16H2,(H,22,24). The fourth-order valence-corrected chi connectivity index (χ4v) is 2.94. The van der Waals surface area contributed by atoms with E-state index in [9.17, 15) is 9.59 Å². The molecule has 1 fully saturated rings. The van der Waals surface area contributed by atoms with Crippen LogP contribution in [0.1, 0.15) is 35.2 Å². The Balaban J connectivity index is 1.40. The summed E-state index contributed by atoms with van der Waals surface area (Å²) in [6, 6.07) is 16.9. The highest BCUT2D eigenvalue weighted by Crippen LogP contribution is 2.13. The lowest BCUT2D eigenvalue weighted by Crippen LogP contribution is -2.27. The summed E-state index contributed by atoms with van der Waals surface area (Å²) in [4.78, 5) is 26.1. The van der Waals surface area contributed by atoms with Crippen molar-refractivity contribution in [3.63, 3.8) is 0 Å².